The van der Waals surface area contributed by atoms with E-state index in [2.05, 4.69) is 4.98 Å². The number of pyridine rings is 1. The Balaban J connectivity index is 1.57. The van der Waals surface area contributed by atoms with Gasteiger partial charge in [-0.05, 0) is 30.7 Å². The van der Waals surface area contributed by atoms with Crippen molar-refractivity contribution in [3.05, 3.63) is 23.9 Å². The van der Waals surface area contributed by atoms with Gasteiger partial charge in [0.15, 0.2) is 5.78 Å². The van der Waals surface area contributed by atoms with E-state index in [9.17, 15) is 18.0 Å². The number of carbonyl (C=O) groups is 1. The van der Waals surface area contributed by atoms with Gasteiger partial charge >= 0.3 is 6.18 Å². The lowest BCUT2D eigenvalue weighted by Crippen LogP contribution is -2.52. The molecule has 0 saturated carbocycles. The van der Waals surface area contributed by atoms with Crippen molar-refractivity contribution in [1.82, 2.24) is 4.98 Å². The van der Waals surface area contributed by atoms with E-state index in [4.69, 9.17) is 0 Å². The third-order valence-electron chi connectivity index (χ3n) is 3.93. The molecule has 2 fully saturated rings. The molecule has 0 bridgehead atoms. The zero-order valence-corrected chi connectivity index (χ0v) is 12.1. The number of aromatic nitrogens is 1. The second kappa shape index (κ2) is 5.51. The van der Waals surface area contributed by atoms with Crippen LogP contribution in [-0.4, -0.2) is 34.9 Å². The number of nitrogens with zero attached hydrogens (tertiary/aromatic N) is 2. The largest absolute Gasteiger partial charge is 0.417 e. The van der Waals surface area contributed by atoms with E-state index in [1.165, 1.54) is 6.07 Å². The van der Waals surface area contributed by atoms with Crippen LogP contribution in [0, 0.1) is 5.92 Å². The Labute approximate surface area is 124 Å². The Kier molecular flexibility index (Phi) is 3.86. The summed E-state index contributed by atoms with van der Waals surface area (Å²) in [5.74, 6) is 1.85. The molecule has 0 radical (unpaired) electrons. The zero-order valence-electron chi connectivity index (χ0n) is 11.3. The number of hydrogen-bond acceptors (Lipinski definition) is 4. The molecule has 7 heteroatoms. The predicted molar refractivity (Wildman–Crippen MR) is 75.4 cm³/mol. The molecule has 1 aromatic rings. The first-order valence-corrected chi connectivity index (χ1v) is 7.93. The summed E-state index contributed by atoms with van der Waals surface area (Å²) >= 11 is 1.72. The van der Waals surface area contributed by atoms with Gasteiger partial charge in [0.2, 0.25) is 0 Å². The summed E-state index contributed by atoms with van der Waals surface area (Å²) in [6.45, 7) is 1.13. The van der Waals surface area contributed by atoms with E-state index in [-0.39, 0.29) is 11.2 Å². The van der Waals surface area contributed by atoms with E-state index < -0.39 is 11.7 Å². The third kappa shape index (κ3) is 3.02. The number of alkyl halides is 3. The average Bonchev–Trinajstić information content (AvgIpc) is 2.90. The first-order valence-electron chi connectivity index (χ1n) is 6.88. The number of carbonyl (C=O) groups excluding carboxylic acids is 1. The molecule has 3 rings (SSSR count). The number of halogens is 3. The second-order valence-corrected chi connectivity index (χ2v) is 6.72. The fraction of sp³-hybridized carbons (Fsp3) is 0.571. The minimum Gasteiger partial charge on any atom is -0.355 e. The fourth-order valence-electron chi connectivity index (χ4n) is 2.65. The van der Waals surface area contributed by atoms with E-state index in [1.54, 1.807) is 11.8 Å². The van der Waals surface area contributed by atoms with Gasteiger partial charge in [0, 0.05) is 19.3 Å². The molecule has 0 unspecified atom stereocenters. The summed E-state index contributed by atoms with van der Waals surface area (Å²) in [6, 6.07) is 2.40. The van der Waals surface area contributed by atoms with Crippen LogP contribution in [0.15, 0.2) is 18.3 Å². The topological polar surface area (TPSA) is 33.2 Å². The van der Waals surface area contributed by atoms with E-state index in [0.29, 0.717) is 24.7 Å². The maximum atomic E-state index is 12.5. The molecule has 0 aliphatic carbocycles. The summed E-state index contributed by atoms with van der Waals surface area (Å²) < 4.78 is 37.4. The molecule has 3 heterocycles. The first-order chi connectivity index (χ1) is 9.95. The lowest BCUT2D eigenvalue weighted by atomic mass is 9.92. The van der Waals surface area contributed by atoms with Crippen molar-refractivity contribution >= 4 is 23.4 Å². The van der Waals surface area contributed by atoms with Gasteiger partial charge in [-0.3, -0.25) is 4.79 Å². The maximum Gasteiger partial charge on any atom is 0.417 e. The number of Topliss-reactive ketones (excluding diaryl/α,β-unsaturated/α-hetero) is 1. The highest BCUT2D eigenvalue weighted by atomic mass is 32.2. The van der Waals surface area contributed by atoms with Crippen LogP contribution in [0.3, 0.4) is 0 Å². The van der Waals surface area contributed by atoms with Crippen LogP contribution in [0.5, 0.6) is 0 Å². The first kappa shape index (κ1) is 14.7. The fourth-order valence-corrected chi connectivity index (χ4v) is 3.96. The highest BCUT2D eigenvalue weighted by Gasteiger charge is 2.38. The minimum atomic E-state index is -4.36. The normalized spacial score (nSPS) is 23.2. The molecule has 2 aliphatic heterocycles. The van der Waals surface area contributed by atoms with Gasteiger partial charge in [0.25, 0.3) is 0 Å². The minimum absolute atomic E-state index is 0.00435. The number of thioether (sulfide) groups is 1. The number of hydrogen-bond donors (Lipinski definition) is 0. The molecule has 0 amide bonds. The monoisotopic (exact) mass is 316 g/mol. The molecule has 0 N–H and O–H groups in total. The number of rotatable bonds is 3. The molecule has 1 atom stereocenters. The second-order valence-electron chi connectivity index (χ2n) is 5.41. The summed E-state index contributed by atoms with van der Waals surface area (Å²) in [6.07, 6.45) is -1.47. The summed E-state index contributed by atoms with van der Waals surface area (Å²) in [7, 11) is 0. The Hall–Kier alpha value is -1.24. The van der Waals surface area contributed by atoms with Crippen molar-refractivity contribution in [3.8, 4) is 0 Å². The van der Waals surface area contributed by atoms with Gasteiger partial charge in [-0.1, -0.05) is 0 Å². The molecule has 0 aromatic carbocycles. The lowest BCUT2D eigenvalue weighted by molar-refractivity contribution is -0.137. The molecule has 3 nitrogen and oxygen atoms in total. The Morgan fingerprint density at radius 3 is 2.62 bits per heavy atom. The molecule has 1 aromatic heterocycles. The Bertz CT molecular complexity index is 520. The molecule has 2 saturated heterocycles. The van der Waals surface area contributed by atoms with Crippen LogP contribution in [0.4, 0.5) is 19.0 Å². The standard InChI is InChI=1S/C14H15F3N2OS/c15-14(16,17)10-3-4-12(18-6-10)19-7-9(8-19)13(20)11-2-1-5-21-11/h3-4,6,9,11H,1-2,5,7-8H2/t11-/m1/s1. The zero-order chi connectivity index (χ0) is 15.0. The highest BCUT2D eigenvalue weighted by Crippen LogP contribution is 2.34. The van der Waals surface area contributed by atoms with Crippen molar-refractivity contribution < 1.29 is 18.0 Å². The Morgan fingerprint density at radius 1 is 1.33 bits per heavy atom. The molecular formula is C14H15F3N2OS. The molecular weight excluding hydrogens is 301 g/mol. The summed E-state index contributed by atoms with van der Waals surface area (Å²) in [5, 5.41) is 0.123. The van der Waals surface area contributed by atoms with Crippen LogP contribution in [-0.2, 0) is 11.0 Å². The SMILES string of the molecule is O=C(C1CN(c2ccc(C(F)(F)F)cn2)C1)[C@H]1CCCS1. The van der Waals surface area contributed by atoms with E-state index in [1.807, 2.05) is 4.90 Å². The van der Waals surface area contributed by atoms with Crippen LogP contribution in [0.1, 0.15) is 18.4 Å². The van der Waals surface area contributed by atoms with Gasteiger partial charge in [0.1, 0.15) is 5.82 Å². The number of anilines is 1. The smallest absolute Gasteiger partial charge is 0.355 e. The van der Waals surface area contributed by atoms with Gasteiger partial charge in [0.05, 0.1) is 16.7 Å². The van der Waals surface area contributed by atoms with Gasteiger partial charge < -0.3 is 4.90 Å². The van der Waals surface area contributed by atoms with Crippen LogP contribution in [0.2, 0.25) is 0 Å². The Morgan fingerprint density at radius 2 is 2.10 bits per heavy atom. The number of ketones is 1. The van der Waals surface area contributed by atoms with Crippen LogP contribution >= 0.6 is 11.8 Å². The predicted octanol–water partition coefficient (Wildman–Crippen LogP) is 3.00. The van der Waals surface area contributed by atoms with Crippen molar-refractivity contribution in [2.75, 3.05) is 23.7 Å². The maximum absolute atomic E-state index is 12.5. The van der Waals surface area contributed by atoms with Gasteiger partial charge in [-0.15, -0.1) is 0 Å². The van der Waals surface area contributed by atoms with Crippen LogP contribution < -0.4 is 4.90 Å². The molecule has 0 spiro atoms. The van der Waals surface area contributed by atoms with E-state index in [0.717, 1.165) is 30.9 Å². The van der Waals surface area contributed by atoms with Crippen molar-refractivity contribution in [3.63, 3.8) is 0 Å². The third-order valence-corrected chi connectivity index (χ3v) is 5.32. The summed E-state index contributed by atoms with van der Waals surface area (Å²) in [4.78, 5) is 17.9. The quantitative estimate of drug-likeness (QED) is 0.858. The molecule has 114 valence electrons. The lowest BCUT2D eigenvalue weighted by Gasteiger charge is -2.40. The summed E-state index contributed by atoms with van der Waals surface area (Å²) in [5.41, 5.74) is -0.748. The van der Waals surface area contributed by atoms with Crippen molar-refractivity contribution in [2.24, 2.45) is 5.92 Å². The van der Waals surface area contributed by atoms with Crippen molar-refractivity contribution in [2.45, 2.75) is 24.3 Å². The highest BCUT2D eigenvalue weighted by molar-refractivity contribution is 8.00. The van der Waals surface area contributed by atoms with Crippen molar-refractivity contribution in [1.29, 1.82) is 0 Å². The van der Waals surface area contributed by atoms with Gasteiger partial charge in [-0.25, -0.2) is 4.98 Å². The molecule has 2 aliphatic rings. The van der Waals surface area contributed by atoms with Crippen LogP contribution in [0.25, 0.3) is 0 Å². The molecule has 21 heavy (non-hydrogen) atoms. The average molecular weight is 316 g/mol. The van der Waals surface area contributed by atoms with E-state index >= 15 is 0 Å². The van der Waals surface area contributed by atoms with Gasteiger partial charge in [-0.2, -0.15) is 24.9 Å².